The Balaban J connectivity index is 1.76. The van der Waals surface area contributed by atoms with Gasteiger partial charge in [-0.1, -0.05) is 24.3 Å². The molecule has 1 aromatic carbocycles. The molecule has 0 radical (unpaired) electrons. The zero-order valence-electron chi connectivity index (χ0n) is 12.3. The van der Waals surface area contributed by atoms with Gasteiger partial charge in [-0.05, 0) is 47.1 Å². The second kappa shape index (κ2) is 6.01. The van der Waals surface area contributed by atoms with Gasteiger partial charge in [0, 0.05) is 30.0 Å². The Morgan fingerprint density at radius 1 is 1.09 bits per heavy atom. The summed E-state index contributed by atoms with van der Waals surface area (Å²) < 4.78 is 0.0836. The molecule has 1 fully saturated rings. The molecular formula is C18H18N2S2. The number of para-hydroxylation sites is 1. The average Bonchev–Trinajstić information content (AvgIpc) is 3.01. The van der Waals surface area contributed by atoms with Crippen LogP contribution in [-0.2, 0) is 10.5 Å². The molecule has 0 aliphatic carbocycles. The molecule has 1 aliphatic rings. The number of pyridine rings is 1. The van der Waals surface area contributed by atoms with Crippen LogP contribution in [0.5, 0.6) is 0 Å². The molecule has 112 valence electrons. The number of nitrogens with one attached hydrogen (secondary N) is 1. The molecule has 3 aromatic rings. The summed E-state index contributed by atoms with van der Waals surface area (Å²) in [7, 11) is 0. The number of aromatic amines is 1. The molecule has 0 bridgehead atoms. The van der Waals surface area contributed by atoms with Gasteiger partial charge in [-0.3, -0.25) is 4.98 Å². The molecule has 0 spiro atoms. The lowest BCUT2D eigenvalue weighted by molar-refractivity contribution is 0.819. The summed E-state index contributed by atoms with van der Waals surface area (Å²) in [6, 6.07) is 15.1. The number of thioether (sulfide) groups is 2. The predicted molar refractivity (Wildman–Crippen MR) is 97.5 cm³/mol. The number of aromatic nitrogens is 2. The van der Waals surface area contributed by atoms with Gasteiger partial charge in [0.1, 0.15) is 4.08 Å². The van der Waals surface area contributed by atoms with E-state index in [0.29, 0.717) is 0 Å². The van der Waals surface area contributed by atoms with Crippen molar-refractivity contribution in [1.29, 1.82) is 0 Å². The van der Waals surface area contributed by atoms with E-state index in [4.69, 9.17) is 0 Å². The highest BCUT2D eigenvalue weighted by atomic mass is 32.2. The number of rotatable bonds is 3. The molecule has 1 aliphatic heterocycles. The van der Waals surface area contributed by atoms with Crippen molar-refractivity contribution >= 4 is 34.4 Å². The van der Waals surface area contributed by atoms with Crippen molar-refractivity contribution in [2.75, 3.05) is 11.5 Å². The van der Waals surface area contributed by atoms with E-state index in [0.717, 1.165) is 6.42 Å². The van der Waals surface area contributed by atoms with Crippen LogP contribution in [0, 0.1) is 0 Å². The number of benzene rings is 1. The summed E-state index contributed by atoms with van der Waals surface area (Å²) in [5, 5.41) is 1.30. The minimum atomic E-state index is 0.0836. The normalized spacial score (nSPS) is 17.6. The van der Waals surface area contributed by atoms with Crippen molar-refractivity contribution in [3.05, 3.63) is 66.1 Å². The Morgan fingerprint density at radius 3 is 2.73 bits per heavy atom. The summed E-state index contributed by atoms with van der Waals surface area (Å²) >= 11 is 4.16. The zero-order valence-corrected chi connectivity index (χ0v) is 13.9. The summed E-state index contributed by atoms with van der Waals surface area (Å²) in [6.07, 6.45) is 6.16. The average molecular weight is 326 g/mol. The first-order chi connectivity index (χ1) is 10.9. The van der Waals surface area contributed by atoms with Crippen LogP contribution in [0.25, 0.3) is 10.9 Å². The van der Waals surface area contributed by atoms with Crippen molar-refractivity contribution in [3.63, 3.8) is 0 Å². The molecule has 0 amide bonds. The third kappa shape index (κ3) is 2.66. The second-order valence-corrected chi connectivity index (χ2v) is 8.66. The van der Waals surface area contributed by atoms with E-state index in [2.05, 4.69) is 69.9 Å². The Hall–Kier alpha value is -1.39. The van der Waals surface area contributed by atoms with Crippen LogP contribution in [-0.4, -0.2) is 21.5 Å². The highest BCUT2D eigenvalue weighted by Crippen LogP contribution is 2.52. The Morgan fingerprint density at radius 2 is 1.95 bits per heavy atom. The highest BCUT2D eigenvalue weighted by Gasteiger charge is 2.37. The van der Waals surface area contributed by atoms with Crippen molar-refractivity contribution in [2.45, 2.75) is 16.9 Å². The lowest BCUT2D eigenvalue weighted by atomic mass is 10.1. The highest BCUT2D eigenvalue weighted by molar-refractivity contribution is 8.18. The quantitative estimate of drug-likeness (QED) is 0.747. The fourth-order valence-electron chi connectivity index (χ4n) is 2.98. The molecule has 1 saturated heterocycles. The Bertz CT molecular complexity index is 728. The van der Waals surface area contributed by atoms with E-state index in [-0.39, 0.29) is 4.08 Å². The predicted octanol–water partition coefficient (Wildman–Crippen LogP) is 4.83. The van der Waals surface area contributed by atoms with E-state index in [1.807, 2.05) is 18.5 Å². The van der Waals surface area contributed by atoms with Crippen molar-refractivity contribution in [2.24, 2.45) is 0 Å². The molecule has 1 N–H and O–H groups in total. The minimum Gasteiger partial charge on any atom is -0.357 e. The van der Waals surface area contributed by atoms with Crippen LogP contribution < -0.4 is 0 Å². The van der Waals surface area contributed by atoms with Gasteiger partial charge in [0.05, 0.1) is 0 Å². The maximum atomic E-state index is 4.29. The van der Waals surface area contributed by atoms with Crippen LogP contribution >= 0.6 is 23.5 Å². The first-order valence-corrected chi connectivity index (χ1v) is 9.58. The SMILES string of the molecule is c1cncc(CC2(c3cc4ccccc4[nH]3)SCCCS2)c1. The Labute approximate surface area is 139 Å². The van der Waals surface area contributed by atoms with Crippen LogP contribution in [0.15, 0.2) is 54.9 Å². The molecule has 2 nitrogen and oxygen atoms in total. The van der Waals surface area contributed by atoms with E-state index < -0.39 is 0 Å². The first kappa shape index (κ1) is 14.2. The summed E-state index contributed by atoms with van der Waals surface area (Å²) in [4.78, 5) is 7.95. The number of H-pyrrole nitrogens is 1. The van der Waals surface area contributed by atoms with Crippen molar-refractivity contribution < 1.29 is 0 Å². The lowest BCUT2D eigenvalue weighted by Crippen LogP contribution is -2.26. The van der Waals surface area contributed by atoms with Crippen LogP contribution in [0.3, 0.4) is 0 Å². The van der Waals surface area contributed by atoms with E-state index in [9.17, 15) is 0 Å². The Kier molecular flexibility index (Phi) is 3.89. The maximum absolute atomic E-state index is 4.29. The van der Waals surface area contributed by atoms with Gasteiger partial charge in [-0.15, -0.1) is 23.5 Å². The van der Waals surface area contributed by atoms with Crippen LogP contribution in [0.4, 0.5) is 0 Å². The number of fused-ring (bicyclic) bond motifs is 1. The van der Waals surface area contributed by atoms with Gasteiger partial charge in [0.2, 0.25) is 0 Å². The van der Waals surface area contributed by atoms with E-state index in [1.54, 1.807) is 0 Å². The van der Waals surface area contributed by atoms with Gasteiger partial charge in [0.25, 0.3) is 0 Å². The maximum Gasteiger partial charge on any atom is 0.105 e. The lowest BCUT2D eigenvalue weighted by Gasteiger charge is -2.35. The summed E-state index contributed by atoms with van der Waals surface area (Å²) in [5.74, 6) is 2.45. The molecule has 4 heteroatoms. The smallest absolute Gasteiger partial charge is 0.105 e. The fourth-order valence-corrected chi connectivity index (χ4v) is 6.30. The number of nitrogens with zero attached hydrogens (tertiary/aromatic N) is 1. The molecule has 4 rings (SSSR count). The van der Waals surface area contributed by atoms with Gasteiger partial charge in [-0.2, -0.15) is 0 Å². The van der Waals surface area contributed by atoms with Crippen LogP contribution in [0.1, 0.15) is 17.7 Å². The van der Waals surface area contributed by atoms with Gasteiger partial charge in [-0.25, -0.2) is 0 Å². The number of hydrogen-bond donors (Lipinski definition) is 1. The monoisotopic (exact) mass is 326 g/mol. The summed E-state index contributed by atoms with van der Waals surface area (Å²) in [6.45, 7) is 0. The second-order valence-electron chi connectivity index (χ2n) is 5.61. The largest absolute Gasteiger partial charge is 0.357 e. The summed E-state index contributed by atoms with van der Waals surface area (Å²) in [5.41, 5.74) is 3.88. The molecule has 0 atom stereocenters. The third-order valence-corrected chi connectivity index (χ3v) is 7.41. The minimum absolute atomic E-state index is 0.0836. The van der Waals surface area contributed by atoms with Gasteiger partial charge < -0.3 is 4.98 Å². The molecule has 2 aromatic heterocycles. The molecular weight excluding hydrogens is 308 g/mol. The van der Waals surface area contributed by atoms with Gasteiger partial charge in [0.15, 0.2) is 0 Å². The molecule has 22 heavy (non-hydrogen) atoms. The molecule has 3 heterocycles. The van der Waals surface area contributed by atoms with Crippen molar-refractivity contribution in [3.8, 4) is 0 Å². The zero-order chi connectivity index (χ0) is 14.8. The fraction of sp³-hybridized carbons (Fsp3) is 0.278. The van der Waals surface area contributed by atoms with E-state index >= 15 is 0 Å². The topological polar surface area (TPSA) is 28.7 Å². The molecule has 0 saturated carbocycles. The first-order valence-electron chi connectivity index (χ1n) is 7.61. The third-order valence-electron chi connectivity index (χ3n) is 4.06. The van der Waals surface area contributed by atoms with Crippen LogP contribution in [0.2, 0.25) is 0 Å². The van der Waals surface area contributed by atoms with E-state index in [1.165, 1.54) is 40.1 Å². The standard InChI is InChI=1S/C18H18N2S2/c1-2-7-16-15(6-1)11-17(20-16)18(21-9-4-10-22-18)12-14-5-3-8-19-13-14/h1-3,5-8,11,13,20H,4,9-10,12H2. The number of hydrogen-bond acceptors (Lipinski definition) is 3. The molecule has 0 unspecified atom stereocenters. The van der Waals surface area contributed by atoms with Crippen molar-refractivity contribution in [1.82, 2.24) is 9.97 Å². The van der Waals surface area contributed by atoms with Gasteiger partial charge >= 0.3 is 0 Å².